The van der Waals surface area contributed by atoms with Gasteiger partial charge >= 0.3 is 37.7 Å². The minimum atomic E-state index is -2.97. The molecular formula is C6H9Li2NO7. The second kappa shape index (κ2) is 9.73. The Morgan fingerprint density at radius 1 is 0.938 bits per heavy atom. The van der Waals surface area contributed by atoms with Crippen LogP contribution in [0.1, 0.15) is 12.8 Å². The molecule has 10 heteroatoms. The van der Waals surface area contributed by atoms with Crippen molar-refractivity contribution in [3.05, 3.63) is 0 Å². The van der Waals surface area contributed by atoms with Crippen LogP contribution in [-0.4, -0.2) is 28.6 Å². The summed E-state index contributed by atoms with van der Waals surface area (Å²) in [4.78, 5) is 30.0. The third kappa shape index (κ3) is 8.80. The Kier molecular flexibility index (Phi) is 15.0. The van der Waals surface area contributed by atoms with Crippen molar-refractivity contribution in [2.45, 2.75) is 18.4 Å². The Morgan fingerprint density at radius 3 is 1.31 bits per heavy atom. The van der Waals surface area contributed by atoms with Gasteiger partial charge in [-0.2, -0.15) is 0 Å². The predicted octanol–water partition coefficient (Wildman–Crippen LogP) is -10.9. The van der Waals surface area contributed by atoms with E-state index in [2.05, 4.69) is 0 Å². The second-order valence-corrected chi connectivity index (χ2v) is 2.42. The summed E-state index contributed by atoms with van der Waals surface area (Å²) >= 11 is 0. The maximum atomic E-state index is 10.1. The number of carbonyl (C=O) groups is 3. The van der Waals surface area contributed by atoms with Crippen LogP contribution >= 0.6 is 0 Å². The van der Waals surface area contributed by atoms with Crippen molar-refractivity contribution >= 4 is 17.9 Å². The van der Waals surface area contributed by atoms with E-state index in [1.165, 1.54) is 0 Å². The molecule has 0 aromatic rings. The number of carboxylic acid groups (broad SMARTS) is 3. The van der Waals surface area contributed by atoms with Crippen molar-refractivity contribution in [3.8, 4) is 0 Å². The fraction of sp³-hybridized carbons (Fsp3) is 0.500. The molecule has 0 bridgehead atoms. The molecule has 0 aliphatic heterocycles. The van der Waals surface area contributed by atoms with Crippen molar-refractivity contribution < 1.29 is 72.5 Å². The zero-order valence-corrected chi connectivity index (χ0v) is 9.31. The Hall–Kier alpha value is -0.475. The van der Waals surface area contributed by atoms with Crippen LogP contribution < -0.4 is 59.2 Å². The molecule has 82 valence electrons. The van der Waals surface area contributed by atoms with Gasteiger partial charge in [0, 0.05) is 24.8 Å². The van der Waals surface area contributed by atoms with Gasteiger partial charge in [-0.3, -0.25) is 0 Å². The molecule has 5 N–H and O–H groups in total. The van der Waals surface area contributed by atoms with E-state index in [1.807, 2.05) is 0 Å². The molecular weight excluding hydrogens is 212 g/mol. The van der Waals surface area contributed by atoms with E-state index in [9.17, 15) is 29.7 Å². The summed E-state index contributed by atoms with van der Waals surface area (Å²) in [6.07, 6.45) is -2.72. The molecule has 0 unspecified atom stereocenters. The SMILES string of the molecule is O=C([O-])CC(O)(CC(=O)[O-])C(=O)[O-].[Li+].[Li+].[NH4+]. The number of aliphatic hydroxyl groups is 1. The number of hydrogen-bond acceptors (Lipinski definition) is 7. The smallest absolute Gasteiger partial charge is 0.550 e. The molecule has 0 saturated heterocycles. The van der Waals surface area contributed by atoms with Crippen LogP contribution in [0.4, 0.5) is 0 Å². The molecule has 0 amide bonds. The molecule has 8 nitrogen and oxygen atoms in total. The summed E-state index contributed by atoms with van der Waals surface area (Å²) < 4.78 is 0. The van der Waals surface area contributed by atoms with Crippen LogP contribution in [0.15, 0.2) is 0 Å². The largest absolute Gasteiger partial charge is 1.00 e. The van der Waals surface area contributed by atoms with Crippen LogP contribution in [0.3, 0.4) is 0 Å². The van der Waals surface area contributed by atoms with Crippen LogP contribution in [0, 0.1) is 0 Å². The van der Waals surface area contributed by atoms with Crippen LogP contribution in [-0.2, 0) is 14.4 Å². The van der Waals surface area contributed by atoms with Gasteiger partial charge in [-0.25, -0.2) is 0 Å². The zero-order valence-electron chi connectivity index (χ0n) is 9.31. The van der Waals surface area contributed by atoms with Gasteiger partial charge in [0.25, 0.3) is 0 Å². The van der Waals surface area contributed by atoms with E-state index in [1.54, 1.807) is 0 Å². The topological polar surface area (TPSA) is 177 Å². The maximum absolute atomic E-state index is 10.1. The van der Waals surface area contributed by atoms with Gasteiger partial charge < -0.3 is 41.0 Å². The minimum Gasteiger partial charge on any atom is -0.550 e. The first-order valence-electron chi connectivity index (χ1n) is 3.11. The van der Waals surface area contributed by atoms with Gasteiger partial charge in [0.15, 0.2) is 0 Å². The quantitative estimate of drug-likeness (QED) is 0.432. The van der Waals surface area contributed by atoms with Crippen molar-refractivity contribution in [1.82, 2.24) is 6.15 Å². The summed E-state index contributed by atoms with van der Waals surface area (Å²) in [5.74, 6) is -5.98. The molecule has 0 aromatic carbocycles. The molecule has 0 radical (unpaired) electrons. The maximum Gasteiger partial charge on any atom is 1.00 e. The number of quaternary nitrogens is 1. The Bertz CT molecular complexity index is 241. The first-order chi connectivity index (χ1) is 5.78. The normalized spacial score (nSPS) is 8.81. The number of carbonyl (C=O) groups excluding carboxylic acids is 3. The van der Waals surface area contributed by atoms with Crippen LogP contribution in [0.5, 0.6) is 0 Å². The summed E-state index contributed by atoms with van der Waals surface area (Å²) in [6, 6.07) is 0. The predicted molar refractivity (Wildman–Crippen MR) is 35.2 cm³/mol. The fourth-order valence-corrected chi connectivity index (χ4v) is 0.684. The van der Waals surface area contributed by atoms with Gasteiger partial charge in [-0.15, -0.1) is 0 Å². The van der Waals surface area contributed by atoms with Gasteiger partial charge in [0.05, 0.1) is 5.97 Å². The minimum absolute atomic E-state index is 0. The summed E-state index contributed by atoms with van der Waals surface area (Å²) in [5, 5.41) is 38.9. The van der Waals surface area contributed by atoms with Gasteiger partial charge in [0.1, 0.15) is 5.60 Å². The molecule has 0 rings (SSSR count). The van der Waals surface area contributed by atoms with Crippen LogP contribution in [0.25, 0.3) is 0 Å². The van der Waals surface area contributed by atoms with Crippen molar-refractivity contribution in [3.63, 3.8) is 0 Å². The Labute approximate surface area is 115 Å². The van der Waals surface area contributed by atoms with Gasteiger partial charge in [-0.1, -0.05) is 0 Å². The molecule has 0 aliphatic rings. The molecule has 16 heavy (non-hydrogen) atoms. The Morgan fingerprint density at radius 2 is 1.19 bits per heavy atom. The molecule has 0 aliphatic carbocycles. The van der Waals surface area contributed by atoms with Crippen molar-refractivity contribution in [1.29, 1.82) is 0 Å². The van der Waals surface area contributed by atoms with E-state index >= 15 is 0 Å². The fourth-order valence-electron chi connectivity index (χ4n) is 0.684. The number of aliphatic carboxylic acids is 3. The average molecular weight is 221 g/mol. The average Bonchev–Trinajstić information content (AvgIpc) is 1.82. The van der Waals surface area contributed by atoms with E-state index in [-0.39, 0.29) is 43.9 Å². The Balaban J connectivity index is -0.000000240. The number of carboxylic acids is 3. The molecule has 0 spiro atoms. The second-order valence-electron chi connectivity index (χ2n) is 2.42. The molecule has 0 saturated carbocycles. The summed E-state index contributed by atoms with van der Waals surface area (Å²) in [7, 11) is 0. The molecule has 0 heterocycles. The van der Waals surface area contributed by atoms with E-state index < -0.39 is 36.4 Å². The van der Waals surface area contributed by atoms with E-state index in [4.69, 9.17) is 5.11 Å². The molecule has 0 aromatic heterocycles. The number of hydrogen-bond donors (Lipinski definition) is 2. The molecule has 0 atom stereocenters. The monoisotopic (exact) mass is 221 g/mol. The molecule has 0 fully saturated rings. The number of rotatable bonds is 5. The summed E-state index contributed by atoms with van der Waals surface area (Å²) in [6.45, 7) is 0. The van der Waals surface area contributed by atoms with Crippen molar-refractivity contribution in [2.75, 3.05) is 0 Å². The third-order valence-electron chi connectivity index (χ3n) is 1.25. The first kappa shape index (κ1) is 24.7. The van der Waals surface area contributed by atoms with Crippen molar-refractivity contribution in [2.24, 2.45) is 0 Å². The van der Waals surface area contributed by atoms with Crippen LogP contribution in [0.2, 0.25) is 0 Å². The first-order valence-corrected chi connectivity index (χ1v) is 3.11. The standard InChI is InChI=1S/C6H8O7.2Li.H3N/c7-3(8)1-6(13,5(11)12)2-4(9)10;;;/h13H,1-2H2,(H,7,8)(H,9,10)(H,11,12);;;1H3/q;2*+1;/p-2. The van der Waals surface area contributed by atoms with Gasteiger partial charge in [0.2, 0.25) is 0 Å². The van der Waals surface area contributed by atoms with Gasteiger partial charge in [-0.05, 0) is 0 Å². The van der Waals surface area contributed by atoms with E-state index in [0.29, 0.717) is 0 Å². The zero-order chi connectivity index (χ0) is 10.6. The third-order valence-corrected chi connectivity index (χ3v) is 1.25. The van der Waals surface area contributed by atoms with E-state index in [0.717, 1.165) is 0 Å². The summed E-state index contributed by atoms with van der Waals surface area (Å²) in [5.41, 5.74) is -2.97.